The number of hydrogen-bond acceptors (Lipinski definition) is 3. The van der Waals surface area contributed by atoms with E-state index in [4.69, 9.17) is 5.73 Å². The molecule has 5 heteroatoms. The van der Waals surface area contributed by atoms with Crippen molar-refractivity contribution in [2.24, 2.45) is 17.1 Å². The molecule has 2 atom stereocenters. The van der Waals surface area contributed by atoms with E-state index in [2.05, 4.69) is 41.8 Å². The number of likely N-dealkylation sites (tertiary alicyclic amines) is 1. The summed E-state index contributed by atoms with van der Waals surface area (Å²) in [4.78, 5) is 28.5. The van der Waals surface area contributed by atoms with Crippen LogP contribution in [0.15, 0.2) is 53.9 Å². The monoisotopic (exact) mass is 408 g/mol. The highest BCUT2D eigenvalue weighted by atomic mass is 32.1. The summed E-state index contributed by atoms with van der Waals surface area (Å²) in [5, 5.41) is 2.07. The van der Waals surface area contributed by atoms with Crippen molar-refractivity contribution in [1.82, 2.24) is 4.90 Å². The Morgan fingerprint density at radius 3 is 2.86 bits per heavy atom. The SMILES string of the molecule is NC(=O)[C@@]1(Cc2cccc(-c3cccs3)c2)CCCN(C(=O)C[C@@H]2C=CCC2)C1. The molecule has 2 N–H and O–H groups in total. The number of amides is 2. The third-order valence-electron chi connectivity index (χ3n) is 6.28. The van der Waals surface area contributed by atoms with Crippen LogP contribution in [0.3, 0.4) is 0 Å². The van der Waals surface area contributed by atoms with Gasteiger partial charge in [-0.15, -0.1) is 11.3 Å². The first-order valence-corrected chi connectivity index (χ1v) is 11.3. The highest BCUT2D eigenvalue weighted by Gasteiger charge is 2.42. The number of hydrogen-bond donors (Lipinski definition) is 1. The van der Waals surface area contributed by atoms with E-state index in [-0.39, 0.29) is 11.8 Å². The van der Waals surface area contributed by atoms with Gasteiger partial charge in [-0.05, 0) is 60.6 Å². The van der Waals surface area contributed by atoms with Gasteiger partial charge in [-0.25, -0.2) is 0 Å². The molecule has 2 aromatic rings. The Hall–Kier alpha value is -2.40. The molecule has 1 fully saturated rings. The second-order valence-electron chi connectivity index (χ2n) is 8.39. The Morgan fingerprint density at radius 1 is 1.24 bits per heavy atom. The highest BCUT2D eigenvalue weighted by Crippen LogP contribution is 2.36. The van der Waals surface area contributed by atoms with Crippen molar-refractivity contribution in [3.8, 4) is 10.4 Å². The van der Waals surface area contributed by atoms with Gasteiger partial charge >= 0.3 is 0 Å². The smallest absolute Gasteiger partial charge is 0.225 e. The Balaban J connectivity index is 1.51. The van der Waals surface area contributed by atoms with Gasteiger partial charge in [0.1, 0.15) is 0 Å². The number of thiophene rings is 1. The van der Waals surface area contributed by atoms with E-state index in [1.165, 1.54) is 4.88 Å². The van der Waals surface area contributed by atoms with Crippen LogP contribution in [0.25, 0.3) is 10.4 Å². The van der Waals surface area contributed by atoms with Gasteiger partial charge in [-0.3, -0.25) is 9.59 Å². The normalized spacial score (nSPS) is 24.0. The van der Waals surface area contributed by atoms with Crippen molar-refractivity contribution in [2.45, 2.75) is 38.5 Å². The number of rotatable bonds is 6. The fraction of sp³-hybridized carbons (Fsp3) is 0.417. The van der Waals surface area contributed by atoms with Gasteiger partial charge in [-0.2, -0.15) is 0 Å². The van der Waals surface area contributed by atoms with Crippen molar-refractivity contribution in [3.05, 3.63) is 59.5 Å². The lowest BCUT2D eigenvalue weighted by Crippen LogP contribution is -2.53. The predicted molar refractivity (Wildman–Crippen MR) is 117 cm³/mol. The maximum absolute atomic E-state index is 12.9. The summed E-state index contributed by atoms with van der Waals surface area (Å²) in [6.07, 6.45) is 9.09. The van der Waals surface area contributed by atoms with Crippen LogP contribution in [0, 0.1) is 11.3 Å². The van der Waals surface area contributed by atoms with Gasteiger partial charge in [0.05, 0.1) is 5.41 Å². The zero-order chi connectivity index (χ0) is 20.3. The van der Waals surface area contributed by atoms with Crippen molar-refractivity contribution in [1.29, 1.82) is 0 Å². The quantitative estimate of drug-likeness (QED) is 0.720. The van der Waals surface area contributed by atoms with E-state index in [9.17, 15) is 9.59 Å². The van der Waals surface area contributed by atoms with Gasteiger partial charge in [-0.1, -0.05) is 42.5 Å². The van der Waals surface area contributed by atoms with Crippen LogP contribution >= 0.6 is 11.3 Å². The van der Waals surface area contributed by atoms with E-state index >= 15 is 0 Å². The number of primary amides is 1. The Labute approximate surface area is 176 Å². The third-order valence-corrected chi connectivity index (χ3v) is 7.20. The molecule has 0 radical (unpaired) electrons. The third kappa shape index (κ3) is 4.45. The summed E-state index contributed by atoms with van der Waals surface area (Å²) in [6.45, 7) is 1.15. The second-order valence-corrected chi connectivity index (χ2v) is 9.34. The topological polar surface area (TPSA) is 63.4 Å². The number of allylic oxidation sites excluding steroid dienone is 2. The highest BCUT2D eigenvalue weighted by molar-refractivity contribution is 7.13. The van der Waals surface area contributed by atoms with Crippen LogP contribution in [0.5, 0.6) is 0 Å². The molecule has 4 nitrogen and oxygen atoms in total. The fourth-order valence-corrected chi connectivity index (χ4v) is 5.39. The van der Waals surface area contributed by atoms with Gasteiger partial charge in [0.2, 0.25) is 11.8 Å². The summed E-state index contributed by atoms with van der Waals surface area (Å²) in [7, 11) is 0. The van der Waals surface area contributed by atoms with Crippen molar-refractivity contribution in [3.63, 3.8) is 0 Å². The van der Waals surface area contributed by atoms with Crippen LogP contribution < -0.4 is 5.73 Å². The standard InChI is InChI=1S/C24H28N2O2S/c25-23(28)24(16-19-8-3-9-20(14-19)21-10-4-13-29-21)11-5-12-26(17-24)22(27)15-18-6-1-2-7-18/h1,3-4,6,8-10,13-14,18H,2,5,7,11-12,15-17H2,(H2,25,28)/t18-,24-/m1/s1. The number of benzene rings is 1. The molecule has 0 saturated carbocycles. The lowest BCUT2D eigenvalue weighted by atomic mass is 9.74. The van der Waals surface area contributed by atoms with Gasteiger partial charge in [0.25, 0.3) is 0 Å². The summed E-state index contributed by atoms with van der Waals surface area (Å²) >= 11 is 1.71. The molecule has 29 heavy (non-hydrogen) atoms. The zero-order valence-corrected chi connectivity index (χ0v) is 17.5. The van der Waals surface area contributed by atoms with Crippen molar-refractivity contribution in [2.75, 3.05) is 13.1 Å². The van der Waals surface area contributed by atoms with Crippen LogP contribution in [-0.2, 0) is 16.0 Å². The maximum Gasteiger partial charge on any atom is 0.225 e. The molecule has 1 saturated heterocycles. The summed E-state index contributed by atoms with van der Waals surface area (Å²) in [5.74, 6) is 0.200. The maximum atomic E-state index is 12.9. The molecule has 2 heterocycles. The van der Waals surface area contributed by atoms with E-state index < -0.39 is 5.41 Å². The molecule has 1 aromatic carbocycles. The molecule has 0 unspecified atom stereocenters. The minimum Gasteiger partial charge on any atom is -0.369 e. The van der Waals surface area contributed by atoms with E-state index in [0.717, 1.165) is 43.4 Å². The van der Waals surface area contributed by atoms with Gasteiger partial charge < -0.3 is 10.6 Å². The molecule has 1 aromatic heterocycles. The number of carbonyl (C=O) groups is 2. The van der Waals surface area contributed by atoms with Gasteiger partial charge in [0, 0.05) is 24.4 Å². The number of nitrogens with two attached hydrogens (primary N) is 1. The zero-order valence-electron chi connectivity index (χ0n) is 16.7. The van der Waals surface area contributed by atoms with Crippen LogP contribution in [-0.4, -0.2) is 29.8 Å². The fourth-order valence-electron chi connectivity index (χ4n) is 4.66. The lowest BCUT2D eigenvalue weighted by molar-refractivity contribution is -0.140. The van der Waals surface area contributed by atoms with Crippen molar-refractivity contribution < 1.29 is 9.59 Å². The molecule has 0 spiro atoms. The average Bonchev–Trinajstić information content (AvgIpc) is 3.42. The first kappa shape index (κ1) is 19.9. The molecular weight excluding hydrogens is 380 g/mol. The largest absolute Gasteiger partial charge is 0.369 e. The Bertz CT molecular complexity index is 905. The minimum atomic E-state index is -0.687. The number of nitrogens with zero attached hydrogens (tertiary/aromatic N) is 1. The van der Waals surface area contributed by atoms with Crippen LogP contribution in [0.2, 0.25) is 0 Å². The van der Waals surface area contributed by atoms with Gasteiger partial charge in [0.15, 0.2) is 0 Å². The van der Waals surface area contributed by atoms with Crippen LogP contribution in [0.1, 0.15) is 37.7 Å². The molecule has 1 aliphatic heterocycles. The molecule has 152 valence electrons. The number of carbonyl (C=O) groups excluding carboxylic acids is 2. The predicted octanol–water partition coefficient (Wildman–Crippen LogP) is 4.41. The molecular formula is C24H28N2O2S. The molecule has 4 rings (SSSR count). The molecule has 1 aliphatic carbocycles. The first-order valence-electron chi connectivity index (χ1n) is 10.4. The van der Waals surface area contributed by atoms with E-state index in [1.54, 1.807) is 11.3 Å². The Kier molecular flexibility index (Phi) is 5.86. The molecule has 0 bridgehead atoms. The summed E-state index contributed by atoms with van der Waals surface area (Å²) < 4.78 is 0. The van der Waals surface area contributed by atoms with Crippen LogP contribution in [0.4, 0.5) is 0 Å². The second kappa shape index (κ2) is 8.54. The lowest BCUT2D eigenvalue weighted by Gasteiger charge is -2.41. The molecule has 2 amide bonds. The van der Waals surface area contributed by atoms with E-state index in [0.29, 0.717) is 25.3 Å². The summed E-state index contributed by atoms with van der Waals surface area (Å²) in [6, 6.07) is 12.5. The minimum absolute atomic E-state index is 0.152. The molecule has 2 aliphatic rings. The van der Waals surface area contributed by atoms with Crippen molar-refractivity contribution >= 4 is 23.2 Å². The van der Waals surface area contributed by atoms with E-state index in [1.807, 2.05) is 17.0 Å². The average molecular weight is 409 g/mol. The first-order chi connectivity index (χ1) is 14.1. The summed E-state index contributed by atoms with van der Waals surface area (Å²) in [5.41, 5.74) is 7.50. The Morgan fingerprint density at radius 2 is 2.14 bits per heavy atom. The number of piperidine rings is 1.